The predicted molar refractivity (Wildman–Crippen MR) is 130 cm³/mol. The molecule has 0 bridgehead atoms. The Bertz CT molecular complexity index is 1240. The van der Waals surface area contributed by atoms with Crippen LogP contribution in [-0.2, 0) is 19.6 Å². The van der Waals surface area contributed by atoms with Gasteiger partial charge in [0.2, 0.25) is 15.9 Å². The summed E-state index contributed by atoms with van der Waals surface area (Å²) in [7, 11) is -3.64. The summed E-state index contributed by atoms with van der Waals surface area (Å²) in [4.78, 5) is 17.4. The summed E-state index contributed by atoms with van der Waals surface area (Å²) in [5.41, 5.74) is 3.09. The van der Waals surface area contributed by atoms with Crippen LogP contribution < -0.4 is 10.6 Å². The van der Waals surface area contributed by atoms with E-state index in [0.717, 1.165) is 22.0 Å². The molecular formula is C23H26N4O4S2. The van der Waals surface area contributed by atoms with Crippen LogP contribution in [0.5, 0.6) is 0 Å². The molecule has 1 saturated heterocycles. The van der Waals surface area contributed by atoms with Gasteiger partial charge in [-0.3, -0.25) is 4.79 Å². The van der Waals surface area contributed by atoms with Gasteiger partial charge in [-0.2, -0.15) is 4.31 Å². The number of rotatable bonds is 7. The summed E-state index contributed by atoms with van der Waals surface area (Å²) in [5.74, 6) is -0.272. The Morgan fingerprint density at radius 2 is 1.85 bits per heavy atom. The van der Waals surface area contributed by atoms with E-state index in [1.807, 2.05) is 36.6 Å². The molecule has 1 aromatic heterocycles. The van der Waals surface area contributed by atoms with Crippen molar-refractivity contribution in [3.63, 3.8) is 0 Å². The second kappa shape index (κ2) is 10.0. The fourth-order valence-corrected chi connectivity index (χ4v) is 5.58. The van der Waals surface area contributed by atoms with E-state index >= 15 is 0 Å². The number of carbonyl (C=O) groups is 1. The third kappa shape index (κ3) is 5.59. The summed E-state index contributed by atoms with van der Waals surface area (Å²) in [6.45, 7) is 5.11. The number of anilines is 2. The summed E-state index contributed by atoms with van der Waals surface area (Å²) in [6, 6.07) is 13.5. The number of carbonyl (C=O) groups excluding carboxylic acids is 1. The van der Waals surface area contributed by atoms with Crippen molar-refractivity contribution in [1.82, 2.24) is 9.29 Å². The molecule has 2 aromatic carbocycles. The lowest BCUT2D eigenvalue weighted by atomic mass is 10.1. The van der Waals surface area contributed by atoms with Gasteiger partial charge in [0.15, 0.2) is 0 Å². The molecule has 1 atom stereocenters. The molecule has 10 heteroatoms. The smallest absolute Gasteiger partial charge is 0.246 e. The molecule has 1 aliphatic rings. The van der Waals surface area contributed by atoms with Crippen molar-refractivity contribution < 1.29 is 17.9 Å². The van der Waals surface area contributed by atoms with Gasteiger partial charge < -0.3 is 15.4 Å². The molecule has 4 rings (SSSR count). The van der Waals surface area contributed by atoms with E-state index in [9.17, 15) is 13.2 Å². The second-order valence-corrected chi connectivity index (χ2v) is 10.7. The number of morpholine rings is 1. The standard InChI is InChI=1S/C23H26N4O4S2/c1-16(24-19-6-3-5-18(13-19)22-15-32-17(2)25-22)23(28)26-20-7-4-8-21(14-20)33(29,30)27-9-11-31-12-10-27/h3-8,13-16,24H,9-12H2,1-2H3,(H,26,28)/t16-/m0/s1. The molecule has 1 amide bonds. The van der Waals surface area contributed by atoms with E-state index in [2.05, 4.69) is 15.6 Å². The Balaban J connectivity index is 1.43. The molecule has 1 fully saturated rings. The average molecular weight is 487 g/mol. The van der Waals surface area contributed by atoms with Crippen molar-refractivity contribution >= 4 is 38.6 Å². The number of hydrogen-bond donors (Lipinski definition) is 2. The van der Waals surface area contributed by atoms with E-state index in [0.29, 0.717) is 32.0 Å². The highest BCUT2D eigenvalue weighted by Gasteiger charge is 2.26. The summed E-state index contributed by atoms with van der Waals surface area (Å²) >= 11 is 1.59. The molecule has 0 spiro atoms. The molecular weight excluding hydrogens is 460 g/mol. The first-order valence-electron chi connectivity index (χ1n) is 10.6. The van der Waals surface area contributed by atoms with Crippen molar-refractivity contribution in [3.05, 3.63) is 58.9 Å². The maximum absolute atomic E-state index is 12.9. The molecule has 0 radical (unpaired) electrons. The van der Waals surface area contributed by atoms with E-state index in [1.165, 1.54) is 16.4 Å². The van der Waals surface area contributed by atoms with Gasteiger partial charge in [0.05, 0.1) is 28.8 Å². The van der Waals surface area contributed by atoms with Gasteiger partial charge in [-0.1, -0.05) is 18.2 Å². The Morgan fingerprint density at radius 1 is 1.12 bits per heavy atom. The first kappa shape index (κ1) is 23.4. The molecule has 174 valence electrons. The van der Waals surface area contributed by atoms with Crippen LogP contribution in [-0.4, -0.2) is 56.0 Å². The van der Waals surface area contributed by atoms with Crippen molar-refractivity contribution in [3.8, 4) is 11.3 Å². The lowest BCUT2D eigenvalue weighted by Gasteiger charge is -2.26. The van der Waals surface area contributed by atoms with Crippen LogP contribution in [0.1, 0.15) is 11.9 Å². The monoisotopic (exact) mass is 486 g/mol. The Labute approximate surface area is 197 Å². The first-order valence-corrected chi connectivity index (χ1v) is 12.9. The van der Waals surface area contributed by atoms with Crippen molar-refractivity contribution in [1.29, 1.82) is 0 Å². The third-order valence-electron chi connectivity index (χ3n) is 5.26. The number of aromatic nitrogens is 1. The van der Waals surface area contributed by atoms with Crippen LogP contribution in [0.3, 0.4) is 0 Å². The average Bonchev–Trinajstić information content (AvgIpc) is 3.26. The zero-order valence-electron chi connectivity index (χ0n) is 18.4. The Kier molecular flexibility index (Phi) is 7.08. The molecule has 0 unspecified atom stereocenters. The van der Waals surface area contributed by atoms with Crippen LogP contribution in [0, 0.1) is 6.92 Å². The molecule has 33 heavy (non-hydrogen) atoms. The molecule has 1 aliphatic heterocycles. The summed E-state index contributed by atoms with van der Waals surface area (Å²) in [5, 5.41) is 9.00. The van der Waals surface area contributed by atoms with Crippen LogP contribution in [0.15, 0.2) is 58.8 Å². The van der Waals surface area contributed by atoms with E-state index in [4.69, 9.17) is 4.74 Å². The number of aryl methyl sites for hydroxylation is 1. The van der Waals surface area contributed by atoms with Gasteiger partial charge >= 0.3 is 0 Å². The quantitative estimate of drug-likeness (QED) is 0.530. The molecule has 2 heterocycles. The number of benzene rings is 2. The number of nitrogens with one attached hydrogen (secondary N) is 2. The minimum Gasteiger partial charge on any atom is -0.379 e. The second-order valence-electron chi connectivity index (χ2n) is 7.73. The maximum atomic E-state index is 12.9. The minimum atomic E-state index is -3.64. The van der Waals surface area contributed by atoms with Crippen LogP contribution in [0.4, 0.5) is 11.4 Å². The lowest BCUT2D eigenvalue weighted by molar-refractivity contribution is -0.116. The first-order chi connectivity index (χ1) is 15.8. The number of thiazole rings is 1. The predicted octanol–water partition coefficient (Wildman–Crippen LogP) is 3.58. The molecule has 2 N–H and O–H groups in total. The normalized spacial score (nSPS) is 15.7. The Morgan fingerprint density at radius 3 is 2.58 bits per heavy atom. The SMILES string of the molecule is Cc1nc(-c2cccc(N[C@@H](C)C(=O)Nc3cccc(S(=O)(=O)N4CCOCC4)c3)c2)cs1. The van der Waals surface area contributed by atoms with Gasteiger partial charge in [-0.15, -0.1) is 11.3 Å². The number of hydrogen-bond acceptors (Lipinski definition) is 7. The highest BCUT2D eigenvalue weighted by molar-refractivity contribution is 7.89. The minimum absolute atomic E-state index is 0.147. The number of nitrogens with zero attached hydrogens (tertiary/aromatic N) is 2. The van der Waals surface area contributed by atoms with E-state index in [1.54, 1.807) is 30.4 Å². The number of amides is 1. The van der Waals surface area contributed by atoms with E-state index < -0.39 is 16.1 Å². The van der Waals surface area contributed by atoms with Gasteiger partial charge in [0.25, 0.3) is 0 Å². The molecule has 8 nitrogen and oxygen atoms in total. The van der Waals surface area contributed by atoms with Gasteiger partial charge in [0, 0.05) is 35.4 Å². The number of sulfonamides is 1. The van der Waals surface area contributed by atoms with Crippen molar-refractivity contribution in [2.75, 3.05) is 36.9 Å². The van der Waals surface area contributed by atoms with Gasteiger partial charge in [-0.25, -0.2) is 13.4 Å². The van der Waals surface area contributed by atoms with Crippen LogP contribution >= 0.6 is 11.3 Å². The van der Waals surface area contributed by atoms with E-state index in [-0.39, 0.29) is 10.8 Å². The van der Waals surface area contributed by atoms with Gasteiger partial charge in [-0.05, 0) is 44.2 Å². The van der Waals surface area contributed by atoms with Crippen LogP contribution in [0.25, 0.3) is 11.3 Å². The largest absolute Gasteiger partial charge is 0.379 e. The fraction of sp³-hybridized carbons (Fsp3) is 0.304. The molecule has 3 aromatic rings. The topological polar surface area (TPSA) is 101 Å². The zero-order valence-corrected chi connectivity index (χ0v) is 20.1. The summed E-state index contributed by atoms with van der Waals surface area (Å²) < 4.78 is 32.4. The lowest BCUT2D eigenvalue weighted by Crippen LogP contribution is -2.40. The zero-order chi connectivity index (χ0) is 23.4. The Hall–Kier alpha value is -2.79. The summed E-state index contributed by atoms with van der Waals surface area (Å²) in [6.07, 6.45) is 0. The van der Waals surface area contributed by atoms with Gasteiger partial charge in [0.1, 0.15) is 6.04 Å². The third-order valence-corrected chi connectivity index (χ3v) is 7.93. The highest BCUT2D eigenvalue weighted by Crippen LogP contribution is 2.25. The maximum Gasteiger partial charge on any atom is 0.246 e. The van der Waals surface area contributed by atoms with Crippen LogP contribution in [0.2, 0.25) is 0 Å². The number of ether oxygens (including phenoxy) is 1. The molecule has 0 aliphatic carbocycles. The highest BCUT2D eigenvalue weighted by atomic mass is 32.2. The molecule has 0 saturated carbocycles. The van der Waals surface area contributed by atoms with Crippen molar-refractivity contribution in [2.45, 2.75) is 24.8 Å². The van der Waals surface area contributed by atoms with Crippen molar-refractivity contribution in [2.24, 2.45) is 0 Å². The fourth-order valence-electron chi connectivity index (χ4n) is 3.50.